The fraction of sp³-hybridized carbons (Fsp3) is 0.167. The molecule has 0 radical (unpaired) electrons. The summed E-state index contributed by atoms with van der Waals surface area (Å²) in [7, 11) is 0. The first-order chi connectivity index (χ1) is 14.4. The number of hydrogen-bond acceptors (Lipinski definition) is 4. The first-order valence-corrected chi connectivity index (χ1v) is 9.61. The molecule has 0 fully saturated rings. The molecule has 6 nitrogen and oxygen atoms in total. The normalized spacial score (nSPS) is 10.5. The first kappa shape index (κ1) is 20.9. The fourth-order valence-electron chi connectivity index (χ4n) is 2.85. The number of amides is 2. The number of nitrogens with one attached hydrogen (secondary N) is 1. The highest BCUT2D eigenvalue weighted by Crippen LogP contribution is 2.20. The number of anilines is 1. The third-order valence-corrected chi connectivity index (χ3v) is 4.22. The van der Waals surface area contributed by atoms with Crippen LogP contribution in [0.15, 0.2) is 72.8 Å². The molecule has 3 aromatic rings. The lowest BCUT2D eigenvalue weighted by molar-refractivity contribution is 0.0994. The van der Waals surface area contributed by atoms with Crippen molar-refractivity contribution in [2.45, 2.75) is 26.6 Å². The summed E-state index contributed by atoms with van der Waals surface area (Å²) in [6, 6.07) is 21.1. The second-order valence-corrected chi connectivity index (χ2v) is 6.99. The highest BCUT2D eigenvalue weighted by atomic mass is 16.5. The van der Waals surface area contributed by atoms with Crippen LogP contribution >= 0.6 is 0 Å². The Morgan fingerprint density at radius 2 is 1.70 bits per heavy atom. The van der Waals surface area contributed by atoms with Crippen molar-refractivity contribution in [1.29, 1.82) is 0 Å². The molecule has 6 heteroatoms. The highest BCUT2D eigenvalue weighted by molar-refractivity contribution is 6.04. The molecule has 3 aromatic carbocycles. The van der Waals surface area contributed by atoms with Crippen molar-refractivity contribution in [3.8, 4) is 11.5 Å². The summed E-state index contributed by atoms with van der Waals surface area (Å²) in [5, 5.41) is 2.87. The molecule has 0 unspecified atom stereocenters. The van der Waals surface area contributed by atoms with E-state index in [1.165, 1.54) is 0 Å². The predicted octanol–water partition coefficient (Wildman–Crippen LogP) is 4.40. The van der Waals surface area contributed by atoms with Gasteiger partial charge < -0.3 is 20.5 Å². The van der Waals surface area contributed by atoms with Crippen molar-refractivity contribution < 1.29 is 19.1 Å². The van der Waals surface area contributed by atoms with Crippen LogP contribution in [0, 0.1) is 0 Å². The number of rotatable bonds is 8. The van der Waals surface area contributed by atoms with Gasteiger partial charge in [-0.1, -0.05) is 24.3 Å². The van der Waals surface area contributed by atoms with Gasteiger partial charge in [0, 0.05) is 11.3 Å². The third kappa shape index (κ3) is 5.61. The van der Waals surface area contributed by atoms with Gasteiger partial charge in [-0.2, -0.15) is 0 Å². The average molecular weight is 404 g/mol. The summed E-state index contributed by atoms with van der Waals surface area (Å²) < 4.78 is 11.3. The van der Waals surface area contributed by atoms with Crippen molar-refractivity contribution in [2.24, 2.45) is 5.73 Å². The highest BCUT2D eigenvalue weighted by Gasteiger charge is 2.10. The molecule has 0 spiro atoms. The lowest BCUT2D eigenvalue weighted by Crippen LogP contribution is -2.13. The Hall–Kier alpha value is -3.80. The molecular weight excluding hydrogens is 380 g/mol. The van der Waals surface area contributed by atoms with Gasteiger partial charge in [-0.25, -0.2) is 0 Å². The maximum absolute atomic E-state index is 12.6. The number of primary amides is 1. The number of ether oxygens (including phenoxy) is 2. The Bertz CT molecular complexity index is 1030. The molecule has 0 aliphatic heterocycles. The molecule has 0 heterocycles. The monoisotopic (exact) mass is 404 g/mol. The van der Waals surface area contributed by atoms with Crippen LogP contribution in [0.4, 0.5) is 5.69 Å². The molecule has 0 atom stereocenters. The zero-order valence-electron chi connectivity index (χ0n) is 16.9. The minimum absolute atomic E-state index is 0.0883. The van der Waals surface area contributed by atoms with Gasteiger partial charge in [-0.05, 0) is 67.9 Å². The molecule has 0 bridgehead atoms. The van der Waals surface area contributed by atoms with Crippen molar-refractivity contribution in [1.82, 2.24) is 0 Å². The Labute approximate surface area is 175 Å². The minimum Gasteiger partial charge on any atom is -0.491 e. The van der Waals surface area contributed by atoms with Gasteiger partial charge in [-0.15, -0.1) is 0 Å². The van der Waals surface area contributed by atoms with Crippen molar-refractivity contribution in [3.63, 3.8) is 0 Å². The van der Waals surface area contributed by atoms with E-state index < -0.39 is 5.91 Å². The van der Waals surface area contributed by atoms with E-state index in [-0.39, 0.29) is 18.6 Å². The smallest absolute Gasteiger partial charge is 0.255 e. The van der Waals surface area contributed by atoms with Gasteiger partial charge in [0.15, 0.2) is 0 Å². The van der Waals surface area contributed by atoms with Crippen molar-refractivity contribution in [2.75, 3.05) is 5.32 Å². The quantitative estimate of drug-likeness (QED) is 0.582. The lowest BCUT2D eigenvalue weighted by atomic mass is 10.1. The first-order valence-electron chi connectivity index (χ1n) is 9.61. The molecule has 0 saturated carbocycles. The van der Waals surface area contributed by atoms with Gasteiger partial charge >= 0.3 is 0 Å². The molecule has 0 aliphatic rings. The Morgan fingerprint density at radius 1 is 0.967 bits per heavy atom. The van der Waals surface area contributed by atoms with Crippen LogP contribution in [-0.2, 0) is 6.61 Å². The van der Waals surface area contributed by atoms with E-state index in [2.05, 4.69) is 5.32 Å². The summed E-state index contributed by atoms with van der Waals surface area (Å²) in [5.74, 6) is 0.373. The zero-order chi connectivity index (χ0) is 21.5. The van der Waals surface area contributed by atoms with Crippen molar-refractivity contribution >= 4 is 17.5 Å². The van der Waals surface area contributed by atoms with Gasteiger partial charge in [0.1, 0.15) is 18.1 Å². The molecule has 0 saturated heterocycles. The number of nitrogens with two attached hydrogens (primary N) is 1. The molecule has 3 rings (SSSR count). The van der Waals surface area contributed by atoms with Gasteiger partial charge in [-0.3, -0.25) is 9.59 Å². The van der Waals surface area contributed by atoms with E-state index in [4.69, 9.17) is 15.2 Å². The number of para-hydroxylation sites is 1. The fourth-order valence-corrected chi connectivity index (χ4v) is 2.85. The second-order valence-electron chi connectivity index (χ2n) is 6.99. The number of benzene rings is 3. The molecule has 2 amide bonds. The molecule has 0 aromatic heterocycles. The topological polar surface area (TPSA) is 90.7 Å². The van der Waals surface area contributed by atoms with Crippen LogP contribution in [-0.4, -0.2) is 17.9 Å². The number of carbonyl (C=O) groups is 2. The zero-order valence-corrected chi connectivity index (χ0v) is 16.9. The Morgan fingerprint density at radius 3 is 2.40 bits per heavy atom. The maximum Gasteiger partial charge on any atom is 0.255 e. The second kappa shape index (κ2) is 9.60. The van der Waals surface area contributed by atoms with Crippen LogP contribution in [0.5, 0.6) is 11.5 Å². The van der Waals surface area contributed by atoms with E-state index >= 15 is 0 Å². The largest absolute Gasteiger partial charge is 0.491 e. The molecule has 154 valence electrons. The SMILES string of the molecule is CC(C)Oc1ccc(NC(=O)c2cccc(COc3ccccc3C(N)=O)c2)cc1. The summed E-state index contributed by atoms with van der Waals surface area (Å²) in [6.07, 6.45) is 0.0883. The van der Waals surface area contributed by atoms with Crippen LogP contribution in [0.3, 0.4) is 0 Å². The summed E-state index contributed by atoms with van der Waals surface area (Å²) >= 11 is 0. The van der Waals surface area contributed by atoms with Gasteiger partial charge in [0.2, 0.25) is 0 Å². The van der Waals surface area contributed by atoms with Crippen molar-refractivity contribution in [3.05, 3.63) is 89.5 Å². The molecule has 30 heavy (non-hydrogen) atoms. The van der Waals surface area contributed by atoms with E-state index in [9.17, 15) is 9.59 Å². The minimum atomic E-state index is -0.552. The van der Waals surface area contributed by atoms with E-state index in [0.29, 0.717) is 22.6 Å². The predicted molar refractivity (Wildman–Crippen MR) is 116 cm³/mol. The van der Waals surface area contributed by atoms with E-state index in [1.807, 2.05) is 32.0 Å². The van der Waals surface area contributed by atoms with Crippen LogP contribution in [0.25, 0.3) is 0 Å². The molecule has 0 aliphatic carbocycles. The van der Waals surface area contributed by atoms with Crippen LogP contribution < -0.4 is 20.5 Å². The van der Waals surface area contributed by atoms with Crippen LogP contribution in [0.1, 0.15) is 40.1 Å². The van der Waals surface area contributed by atoms with E-state index in [1.54, 1.807) is 54.6 Å². The van der Waals surface area contributed by atoms with Gasteiger partial charge in [0.25, 0.3) is 11.8 Å². The Kier molecular flexibility index (Phi) is 6.70. The standard InChI is InChI=1S/C24H24N2O4/c1-16(2)30-20-12-10-19(11-13-20)26-24(28)18-7-5-6-17(14-18)15-29-22-9-4-3-8-21(22)23(25)27/h3-14,16H,15H2,1-2H3,(H2,25,27)(H,26,28). The average Bonchev–Trinajstić information content (AvgIpc) is 2.73. The summed E-state index contributed by atoms with van der Waals surface area (Å²) in [4.78, 5) is 24.1. The molecule has 3 N–H and O–H groups in total. The summed E-state index contributed by atoms with van der Waals surface area (Å²) in [5.41, 5.74) is 7.66. The summed E-state index contributed by atoms with van der Waals surface area (Å²) in [6.45, 7) is 4.12. The number of carbonyl (C=O) groups excluding carboxylic acids is 2. The Balaban J connectivity index is 1.65. The number of hydrogen-bond donors (Lipinski definition) is 2. The van der Waals surface area contributed by atoms with Gasteiger partial charge in [0.05, 0.1) is 11.7 Å². The third-order valence-electron chi connectivity index (χ3n) is 4.22. The maximum atomic E-state index is 12.6. The van der Waals surface area contributed by atoms with Crippen LogP contribution in [0.2, 0.25) is 0 Å². The lowest BCUT2D eigenvalue weighted by Gasteiger charge is -2.12. The van der Waals surface area contributed by atoms with E-state index in [0.717, 1.165) is 11.3 Å². The molecular formula is C24H24N2O4.